The molecule has 1 atom stereocenters. The van der Waals surface area contributed by atoms with E-state index in [1.165, 1.54) is 12.1 Å². The van der Waals surface area contributed by atoms with Crippen LogP contribution in [0.15, 0.2) is 18.2 Å². The SMILES string of the molecule is CC(C)(C)C[C@H](N)c1ccc(F)c(F)c1. The molecule has 0 fully saturated rings. The van der Waals surface area contributed by atoms with Crippen molar-refractivity contribution >= 4 is 0 Å². The topological polar surface area (TPSA) is 26.0 Å². The predicted octanol–water partition coefficient (Wildman–Crippen LogP) is 3.40. The summed E-state index contributed by atoms with van der Waals surface area (Å²) in [6.07, 6.45) is 0.734. The highest BCUT2D eigenvalue weighted by Crippen LogP contribution is 2.28. The van der Waals surface area contributed by atoms with Crippen LogP contribution in [0.1, 0.15) is 38.8 Å². The Bertz CT molecular complexity index is 342. The second-order valence-corrected chi connectivity index (χ2v) is 5.04. The van der Waals surface area contributed by atoms with E-state index in [1.54, 1.807) is 0 Å². The smallest absolute Gasteiger partial charge is 0.159 e. The van der Waals surface area contributed by atoms with Gasteiger partial charge in [0.05, 0.1) is 0 Å². The lowest BCUT2D eigenvalue weighted by molar-refractivity contribution is 0.342. The molecule has 0 aromatic heterocycles. The fourth-order valence-corrected chi connectivity index (χ4v) is 1.52. The second-order valence-electron chi connectivity index (χ2n) is 5.04. The molecule has 2 N–H and O–H groups in total. The molecule has 0 saturated heterocycles. The molecule has 0 aliphatic rings. The Kier molecular flexibility index (Phi) is 3.45. The maximum absolute atomic E-state index is 12.9. The molecule has 0 spiro atoms. The van der Waals surface area contributed by atoms with E-state index < -0.39 is 11.6 Å². The Morgan fingerprint density at radius 1 is 1.20 bits per heavy atom. The lowest BCUT2D eigenvalue weighted by Crippen LogP contribution is -2.18. The average Bonchev–Trinajstić information content (AvgIpc) is 2.06. The molecule has 0 heterocycles. The minimum Gasteiger partial charge on any atom is -0.324 e. The molecule has 3 heteroatoms. The average molecular weight is 213 g/mol. The summed E-state index contributed by atoms with van der Waals surface area (Å²) in [5, 5.41) is 0. The molecular formula is C12H17F2N. The van der Waals surface area contributed by atoms with E-state index in [1.807, 2.05) is 0 Å². The number of hydrogen-bond donors (Lipinski definition) is 1. The van der Waals surface area contributed by atoms with E-state index in [2.05, 4.69) is 20.8 Å². The van der Waals surface area contributed by atoms with E-state index >= 15 is 0 Å². The van der Waals surface area contributed by atoms with Crippen LogP contribution >= 0.6 is 0 Å². The van der Waals surface area contributed by atoms with Crippen molar-refractivity contribution in [1.82, 2.24) is 0 Å². The van der Waals surface area contributed by atoms with Gasteiger partial charge in [0, 0.05) is 6.04 Å². The third-order valence-corrected chi connectivity index (χ3v) is 2.20. The molecule has 0 radical (unpaired) electrons. The van der Waals surface area contributed by atoms with Gasteiger partial charge < -0.3 is 5.73 Å². The van der Waals surface area contributed by atoms with Gasteiger partial charge in [-0.2, -0.15) is 0 Å². The summed E-state index contributed by atoms with van der Waals surface area (Å²) < 4.78 is 25.6. The maximum atomic E-state index is 12.9. The van der Waals surface area contributed by atoms with E-state index in [9.17, 15) is 8.78 Å². The summed E-state index contributed by atoms with van der Waals surface area (Å²) in [5.41, 5.74) is 6.63. The molecule has 0 bridgehead atoms. The highest BCUT2D eigenvalue weighted by Gasteiger charge is 2.17. The Morgan fingerprint density at radius 2 is 1.80 bits per heavy atom. The van der Waals surface area contributed by atoms with E-state index in [0.717, 1.165) is 12.5 Å². The molecule has 15 heavy (non-hydrogen) atoms. The van der Waals surface area contributed by atoms with Gasteiger partial charge >= 0.3 is 0 Å². The van der Waals surface area contributed by atoms with Gasteiger partial charge in [-0.15, -0.1) is 0 Å². The molecular weight excluding hydrogens is 196 g/mol. The summed E-state index contributed by atoms with van der Waals surface area (Å²) in [7, 11) is 0. The van der Waals surface area contributed by atoms with Crippen molar-refractivity contribution in [3.8, 4) is 0 Å². The molecule has 0 aliphatic heterocycles. The first-order valence-corrected chi connectivity index (χ1v) is 5.00. The van der Waals surface area contributed by atoms with Crippen molar-refractivity contribution in [1.29, 1.82) is 0 Å². The first kappa shape index (κ1) is 12.1. The standard InChI is InChI=1S/C12H17F2N/c1-12(2,3)7-11(15)8-4-5-9(13)10(14)6-8/h4-6,11H,7,15H2,1-3H3/t11-/m0/s1. The van der Waals surface area contributed by atoms with Gasteiger partial charge in [0.2, 0.25) is 0 Å². The quantitative estimate of drug-likeness (QED) is 0.800. The van der Waals surface area contributed by atoms with Crippen molar-refractivity contribution in [2.24, 2.45) is 11.1 Å². The van der Waals surface area contributed by atoms with Crippen molar-refractivity contribution in [3.05, 3.63) is 35.4 Å². The summed E-state index contributed by atoms with van der Waals surface area (Å²) in [6, 6.07) is 3.58. The van der Waals surface area contributed by atoms with Crippen LogP contribution in [0.4, 0.5) is 8.78 Å². The lowest BCUT2D eigenvalue weighted by atomic mass is 9.86. The molecule has 0 aliphatic carbocycles. The van der Waals surface area contributed by atoms with Crippen LogP contribution in [0.25, 0.3) is 0 Å². The van der Waals surface area contributed by atoms with Gasteiger partial charge in [0.1, 0.15) is 0 Å². The zero-order valence-corrected chi connectivity index (χ0v) is 9.35. The Hall–Kier alpha value is -0.960. The van der Waals surface area contributed by atoms with Crippen molar-refractivity contribution in [2.45, 2.75) is 33.2 Å². The molecule has 1 aromatic rings. The van der Waals surface area contributed by atoms with Gasteiger partial charge in [0.25, 0.3) is 0 Å². The minimum atomic E-state index is -0.836. The Labute approximate surface area is 89.3 Å². The summed E-state index contributed by atoms with van der Waals surface area (Å²) >= 11 is 0. The number of rotatable bonds is 2. The first-order chi connectivity index (χ1) is 6.79. The van der Waals surface area contributed by atoms with E-state index in [4.69, 9.17) is 5.73 Å². The van der Waals surface area contributed by atoms with Crippen LogP contribution in [-0.2, 0) is 0 Å². The number of nitrogens with two attached hydrogens (primary N) is 1. The van der Waals surface area contributed by atoms with Gasteiger partial charge in [-0.25, -0.2) is 8.78 Å². The first-order valence-electron chi connectivity index (χ1n) is 5.00. The maximum Gasteiger partial charge on any atom is 0.159 e. The largest absolute Gasteiger partial charge is 0.324 e. The monoisotopic (exact) mass is 213 g/mol. The van der Waals surface area contributed by atoms with Gasteiger partial charge in [-0.1, -0.05) is 26.8 Å². The van der Waals surface area contributed by atoms with Crippen LogP contribution in [0.3, 0.4) is 0 Å². The zero-order chi connectivity index (χ0) is 11.6. The van der Waals surface area contributed by atoms with E-state index in [-0.39, 0.29) is 11.5 Å². The number of hydrogen-bond acceptors (Lipinski definition) is 1. The third kappa shape index (κ3) is 3.59. The Morgan fingerprint density at radius 3 is 2.27 bits per heavy atom. The fraction of sp³-hybridized carbons (Fsp3) is 0.500. The zero-order valence-electron chi connectivity index (χ0n) is 9.35. The van der Waals surface area contributed by atoms with Crippen molar-refractivity contribution in [2.75, 3.05) is 0 Å². The minimum absolute atomic E-state index is 0.0737. The summed E-state index contributed by atoms with van der Waals surface area (Å²) in [4.78, 5) is 0. The van der Waals surface area contributed by atoms with Gasteiger partial charge in [0.15, 0.2) is 11.6 Å². The van der Waals surface area contributed by atoms with Crippen LogP contribution in [0.5, 0.6) is 0 Å². The van der Waals surface area contributed by atoms with Crippen molar-refractivity contribution in [3.63, 3.8) is 0 Å². The van der Waals surface area contributed by atoms with Crippen LogP contribution in [0, 0.1) is 17.0 Å². The predicted molar refractivity (Wildman–Crippen MR) is 57.4 cm³/mol. The molecule has 0 amide bonds. The second kappa shape index (κ2) is 4.27. The molecule has 1 aromatic carbocycles. The molecule has 1 rings (SSSR count). The number of benzene rings is 1. The normalized spacial score (nSPS) is 14.0. The van der Waals surface area contributed by atoms with Crippen LogP contribution in [0.2, 0.25) is 0 Å². The highest BCUT2D eigenvalue weighted by molar-refractivity contribution is 5.21. The van der Waals surface area contributed by atoms with Gasteiger partial charge in [-0.05, 0) is 29.5 Å². The third-order valence-electron chi connectivity index (χ3n) is 2.20. The summed E-state index contributed by atoms with van der Waals surface area (Å²) in [5.74, 6) is -1.67. The van der Waals surface area contributed by atoms with Crippen molar-refractivity contribution < 1.29 is 8.78 Å². The highest BCUT2D eigenvalue weighted by atomic mass is 19.2. The van der Waals surface area contributed by atoms with Crippen LogP contribution in [-0.4, -0.2) is 0 Å². The summed E-state index contributed by atoms with van der Waals surface area (Å²) in [6.45, 7) is 6.19. The molecule has 0 unspecified atom stereocenters. The molecule has 0 saturated carbocycles. The Balaban J connectivity index is 2.83. The van der Waals surface area contributed by atoms with Crippen LogP contribution < -0.4 is 5.73 Å². The molecule has 1 nitrogen and oxygen atoms in total. The van der Waals surface area contributed by atoms with E-state index in [0.29, 0.717) is 5.56 Å². The van der Waals surface area contributed by atoms with Gasteiger partial charge in [-0.3, -0.25) is 0 Å². The fourth-order valence-electron chi connectivity index (χ4n) is 1.52. The lowest BCUT2D eigenvalue weighted by Gasteiger charge is -2.23. The number of halogens is 2. The molecule has 84 valence electrons.